The summed E-state index contributed by atoms with van der Waals surface area (Å²) < 4.78 is 1.16. The predicted molar refractivity (Wildman–Crippen MR) is 156 cm³/mol. The van der Waals surface area contributed by atoms with Crippen LogP contribution in [0.2, 0.25) is 0 Å². The molecule has 0 radical (unpaired) electrons. The molecule has 0 saturated carbocycles. The van der Waals surface area contributed by atoms with Crippen molar-refractivity contribution in [2.24, 2.45) is 0 Å². The molecule has 0 unspecified atom stereocenters. The van der Waals surface area contributed by atoms with E-state index in [1.807, 2.05) is 39.7 Å². The highest BCUT2D eigenvalue weighted by Gasteiger charge is 2.34. The number of urea groups is 1. The molecule has 2 amide bonds. The van der Waals surface area contributed by atoms with Crippen LogP contribution in [0.3, 0.4) is 0 Å². The van der Waals surface area contributed by atoms with Crippen LogP contribution in [0.5, 0.6) is 0 Å². The van der Waals surface area contributed by atoms with Crippen LogP contribution in [0.15, 0.2) is 60.8 Å². The molecule has 2 aliphatic heterocycles. The minimum absolute atomic E-state index is 0.139. The average Bonchev–Trinajstić information content (AvgIpc) is 3.58. The number of aromatic nitrogens is 3. The lowest BCUT2D eigenvalue weighted by Crippen LogP contribution is -2.60. The zero-order chi connectivity index (χ0) is 26.2. The fraction of sp³-hybridized carbons (Fsp3) is 0.345. The molecule has 1 aromatic carbocycles. The molecule has 0 aliphatic carbocycles. The summed E-state index contributed by atoms with van der Waals surface area (Å²) in [7, 11) is 0. The van der Waals surface area contributed by atoms with Crippen molar-refractivity contribution in [2.45, 2.75) is 32.4 Å². The number of aromatic amines is 1. The molecule has 196 valence electrons. The number of hydrogen-bond acceptors (Lipinski definition) is 6. The van der Waals surface area contributed by atoms with Crippen LogP contribution in [0.25, 0.3) is 26.8 Å². The number of pyridine rings is 1. The van der Waals surface area contributed by atoms with Crippen molar-refractivity contribution in [3.05, 3.63) is 66.5 Å². The average molecular weight is 528 g/mol. The van der Waals surface area contributed by atoms with Gasteiger partial charge in [-0.3, -0.25) is 4.90 Å². The first kappa shape index (κ1) is 24.6. The van der Waals surface area contributed by atoms with E-state index < -0.39 is 0 Å². The minimum Gasteiger partial charge on any atom is -0.355 e. The molecule has 2 N–H and O–H groups in total. The van der Waals surface area contributed by atoms with Crippen LogP contribution in [0.4, 0.5) is 16.2 Å². The summed E-state index contributed by atoms with van der Waals surface area (Å²) >= 11 is 1.64. The van der Waals surface area contributed by atoms with Gasteiger partial charge in [-0.2, -0.15) is 0 Å². The number of fused-ring (bicyclic) bond motifs is 2. The molecular formula is C29H33N7OS. The topological polar surface area (TPSA) is 80.4 Å². The molecule has 6 rings (SSSR count). The van der Waals surface area contributed by atoms with Crippen molar-refractivity contribution < 1.29 is 4.79 Å². The summed E-state index contributed by atoms with van der Waals surface area (Å²) in [5, 5.41) is 4.60. The van der Waals surface area contributed by atoms with Crippen LogP contribution >= 0.6 is 11.3 Å². The number of anilines is 2. The maximum atomic E-state index is 13.4. The highest BCUT2D eigenvalue weighted by molar-refractivity contribution is 7.16. The summed E-state index contributed by atoms with van der Waals surface area (Å²) in [5.41, 5.74) is 8.05. The Morgan fingerprint density at radius 3 is 2.92 bits per heavy atom. The quantitative estimate of drug-likeness (QED) is 0.325. The van der Waals surface area contributed by atoms with Gasteiger partial charge in [-0.15, -0.1) is 17.9 Å². The van der Waals surface area contributed by atoms with E-state index in [0.29, 0.717) is 19.1 Å². The van der Waals surface area contributed by atoms with E-state index in [1.165, 1.54) is 5.57 Å². The van der Waals surface area contributed by atoms with E-state index in [2.05, 4.69) is 69.9 Å². The van der Waals surface area contributed by atoms with Gasteiger partial charge in [-0.1, -0.05) is 12.2 Å². The van der Waals surface area contributed by atoms with E-state index in [-0.39, 0.29) is 12.1 Å². The SMILES string of the molecule is C=CCN1C[C@H](C)N(C(=O)N2CC=C(c3cc4c(Nc5ccc6ncsc6c5)ccnc4[nH]3)CC2)C[C@H]1C. The third kappa shape index (κ3) is 4.68. The number of rotatable bonds is 5. The number of benzene rings is 1. The molecule has 0 bridgehead atoms. The van der Waals surface area contributed by atoms with E-state index in [4.69, 9.17) is 0 Å². The van der Waals surface area contributed by atoms with Crippen molar-refractivity contribution in [1.82, 2.24) is 29.7 Å². The second-order valence-corrected chi connectivity index (χ2v) is 11.2. The van der Waals surface area contributed by atoms with Crippen molar-refractivity contribution in [3.63, 3.8) is 0 Å². The molecule has 0 spiro atoms. The molecule has 9 heteroatoms. The van der Waals surface area contributed by atoms with E-state index in [1.54, 1.807) is 11.3 Å². The van der Waals surface area contributed by atoms with Gasteiger partial charge in [0.15, 0.2) is 0 Å². The van der Waals surface area contributed by atoms with Gasteiger partial charge in [0.2, 0.25) is 0 Å². The van der Waals surface area contributed by atoms with Crippen LogP contribution in [-0.4, -0.2) is 80.5 Å². The Bertz CT molecular complexity index is 1520. The summed E-state index contributed by atoms with van der Waals surface area (Å²) in [6.07, 6.45) is 6.75. The minimum atomic E-state index is 0.139. The monoisotopic (exact) mass is 527 g/mol. The summed E-state index contributed by atoms with van der Waals surface area (Å²) in [4.78, 5) is 32.2. The van der Waals surface area contributed by atoms with Crippen molar-refractivity contribution in [1.29, 1.82) is 0 Å². The Labute approximate surface area is 226 Å². The molecule has 1 fully saturated rings. The number of carbonyl (C=O) groups excluding carboxylic acids is 1. The third-order valence-electron chi connectivity index (χ3n) is 7.69. The number of nitrogens with one attached hydrogen (secondary N) is 2. The van der Waals surface area contributed by atoms with Crippen LogP contribution in [0.1, 0.15) is 26.0 Å². The Balaban J connectivity index is 1.16. The molecule has 38 heavy (non-hydrogen) atoms. The van der Waals surface area contributed by atoms with Crippen LogP contribution in [0, 0.1) is 0 Å². The molecule has 8 nitrogen and oxygen atoms in total. The number of amides is 2. The standard InChI is InChI=1S/C29H33N7OS/c1-4-11-35-16-20(3)36(17-19(35)2)29(37)34-12-8-21(9-13-34)26-15-23-24(7-10-30-28(23)33-26)32-22-5-6-25-27(14-22)38-18-31-25/h4-8,10,14-15,18-20H,1,9,11-13,16-17H2,2-3H3,(H2,30,32,33)/t19-,20+/m1/s1. The first-order valence-corrected chi connectivity index (χ1v) is 14.1. The van der Waals surface area contributed by atoms with Gasteiger partial charge in [0.05, 0.1) is 21.4 Å². The number of piperazine rings is 1. The zero-order valence-corrected chi connectivity index (χ0v) is 22.7. The normalized spacial score (nSPS) is 20.6. The van der Waals surface area contributed by atoms with E-state index in [9.17, 15) is 4.79 Å². The Kier molecular flexibility index (Phi) is 6.63. The first-order valence-electron chi connectivity index (χ1n) is 13.2. The first-order chi connectivity index (χ1) is 18.5. The molecule has 1 saturated heterocycles. The predicted octanol–water partition coefficient (Wildman–Crippen LogP) is 5.71. The van der Waals surface area contributed by atoms with Gasteiger partial charge >= 0.3 is 6.03 Å². The zero-order valence-electron chi connectivity index (χ0n) is 21.9. The summed E-state index contributed by atoms with van der Waals surface area (Å²) in [6.45, 7) is 12.0. The fourth-order valence-electron chi connectivity index (χ4n) is 5.55. The van der Waals surface area contributed by atoms with Gasteiger partial charge in [0.1, 0.15) is 5.65 Å². The van der Waals surface area contributed by atoms with Gasteiger partial charge in [-0.05, 0) is 56.2 Å². The van der Waals surface area contributed by atoms with Crippen LogP contribution in [-0.2, 0) is 0 Å². The van der Waals surface area contributed by atoms with E-state index >= 15 is 0 Å². The van der Waals surface area contributed by atoms with Crippen molar-refractivity contribution in [2.75, 3.05) is 38.0 Å². The van der Waals surface area contributed by atoms with Gasteiger partial charge < -0.3 is 20.1 Å². The Hall–Kier alpha value is -3.69. The van der Waals surface area contributed by atoms with Crippen molar-refractivity contribution in [3.8, 4) is 0 Å². The fourth-order valence-corrected chi connectivity index (χ4v) is 6.27. The summed E-state index contributed by atoms with van der Waals surface area (Å²) in [6, 6.07) is 11.0. The Morgan fingerprint density at radius 1 is 1.21 bits per heavy atom. The number of hydrogen-bond donors (Lipinski definition) is 2. The molecule has 5 heterocycles. The molecule has 4 aromatic rings. The van der Waals surface area contributed by atoms with Gasteiger partial charge in [-0.25, -0.2) is 14.8 Å². The maximum absolute atomic E-state index is 13.4. The molecular weight excluding hydrogens is 494 g/mol. The molecule has 2 aliphatic rings. The lowest BCUT2D eigenvalue weighted by molar-refractivity contribution is 0.0570. The van der Waals surface area contributed by atoms with E-state index in [0.717, 1.165) is 64.4 Å². The number of carbonyl (C=O) groups is 1. The smallest absolute Gasteiger partial charge is 0.320 e. The number of H-pyrrole nitrogens is 1. The van der Waals surface area contributed by atoms with Gasteiger partial charge in [0, 0.05) is 67.8 Å². The molecule has 2 atom stereocenters. The second kappa shape index (κ2) is 10.2. The lowest BCUT2D eigenvalue weighted by atomic mass is 10.0. The number of thiazole rings is 1. The summed E-state index contributed by atoms with van der Waals surface area (Å²) in [5.74, 6) is 0. The highest BCUT2D eigenvalue weighted by Crippen LogP contribution is 2.32. The highest BCUT2D eigenvalue weighted by atomic mass is 32.1. The third-order valence-corrected chi connectivity index (χ3v) is 8.48. The van der Waals surface area contributed by atoms with Gasteiger partial charge in [0.25, 0.3) is 0 Å². The van der Waals surface area contributed by atoms with Crippen LogP contribution < -0.4 is 5.32 Å². The number of nitrogens with zero attached hydrogens (tertiary/aromatic N) is 5. The Morgan fingerprint density at radius 2 is 2.11 bits per heavy atom. The molecule has 3 aromatic heterocycles. The lowest BCUT2D eigenvalue weighted by Gasteiger charge is -2.45. The second-order valence-electron chi connectivity index (χ2n) is 10.3. The van der Waals surface area contributed by atoms with Crippen molar-refractivity contribution >= 4 is 55.6 Å². The maximum Gasteiger partial charge on any atom is 0.320 e. The largest absolute Gasteiger partial charge is 0.355 e.